The Balaban J connectivity index is 1.52. The van der Waals surface area contributed by atoms with Crippen LogP contribution in [-0.2, 0) is 4.79 Å². The van der Waals surface area contributed by atoms with Gasteiger partial charge in [-0.05, 0) is 87.0 Å². The van der Waals surface area contributed by atoms with E-state index in [0.29, 0.717) is 23.5 Å². The van der Waals surface area contributed by atoms with Crippen LogP contribution in [0.3, 0.4) is 0 Å². The molecule has 0 amide bonds. The summed E-state index contributed by atoms with van der Waals surface area (Å²) in [6.07, 6.45) is 18.9. The van der Waals surface area contributed by atoms with Crippen LogP contribution in [0.1, 0.15) is 64.2 Å². The number of allylic oxidation sites excluding steroid dienone is 1. The van der Waals surface area contributed by atoms with Crippen LogP contribution < -0.4 is 0 Å². The summed E-state index contributed by atoms with van der Waals surface area (Å²) in [6.45, 7) is 0. The highest BCUT2D eigenvalue weighted by atomic mass is 16.3. The molecule has 0 radical (unpaired) electrons. The molecule has 5 aliphatic rings. The van der Waals surface area contributed by atoms with Gasteiger partial charge in [-0.2, -0.15) is 0 Å². The molecule has 0 unspecified atom stereocenters. The lowest BCUT2D eigenvalue weighted by Crippen LogP contribution is -2.56. The summed E-state index contributed by atoms with van der Waals surface area (Å²) in [7, 11) is 0. The van der Waals surface area contributed by atoms with Crippen molar-refractivity contribution in [2.75, 3.05) is 0 Å². The number of hydrogen-bond donors (Lipinski definition) is 1. The maximum absolute atomic E-state index is 11.8. The second-order valence-corrected chi connectivity index (χ2v) is 9.23. The molecule has 24 heavy (non-hydrogen) atoms. The molecule has 0 heterocycles. The monoisotopic (exact) mass is 324 g/mol. The molecule has 2 nitrogen and oxygen atoms in total. The van der Waals surface area contributed by atoms with E-state index in [-0.39, 0.29) is 5.41 Å². The molecule has 1 N–H and O–H groups in total. The van der Waals surface area contributed by atoms with Crippen LogP contribution in [0.5, 0.6) is 0 Å². The maximum Gasteiger partial charge on any atom is 0.155 e. The van der Waals surface area contributed by atoms with E-state index < -0.39 is 5.60 Å². The van der Waals surface area contributed by atoms with Crippen LogP contribution in [0.2, 0.25) is 0 Å². The summed E-state index contributed by atoms with van der Waals surface area (Å²) in [5.41, 5.74) is 0.591. The van der Waals surface area contributed by atoms with E-state index in [1.54, 1.807) is 0 Å². The first-order valence-electron chi connectivity index (χ1n) is 10.0. The predicted octanol–water partition coefficient (Wildman–Crippen LogP) is 3.88. The molecule has 2 bridgehead atoms. The minimum absolute atomic E-state index is 0.00244. The van der Waals surface area contributed by atoms with Gasteiger partial charge in [-0.1, -0.05) is 17.9 Å². The van der Waals surface area contributed by atoms with Gasteiger partial charge in [-0.15, -0.1) is 6.42 Å². The molecule has 5 aliphatic carbocycles. The van der Waals surface area contributed by atoms with Gasteiger partial charge in [0.15, 0.2) is 5.78 Å². The fraction of sp³-hybridized carbons (Fsp3) is 0.773. The van der Waals surface area contributed by atoms with Gasteiger partial charge >= 0.3 is 0 Å². The van der Waals surface area contributed by atoms with Crippen molar-refractivity contribution in [1.29, 1.82) is 0 Å². The Bertz CT molecular complexity index is 655. The minimum Gasteiger partial charge on any atom is -0.377 e. The second-order valence-electron chi connectivity index (χ2n) is 9.23. The number of aliphatic hydroxyl groups is 1. The first-order valence-corrected chi connectivity index (χ1v) is 10.0. The Kier molecular flexibility index (Phi) is 3.15. The number of terminal acetylenes is 1. The molecule has 2 heteroatoms. The molecular weight excluding hydrogens is 296 g/mol. The third kappa shape index (κ3) is 1.70. The van der Waals surface area contributed by atoms with Crippen LogP contribution in [-0.4, -0.2) is 16.5 Å². The number of rotatable bonds is 0. The van der Waals surface area contributed by atoms with Crippen molar-refractivity contribution in [2.45, 2.75) is 69.8 Å². The number of fused-ring (bicyclic) bond motifs is 5. The molecule has 0 aromatic heterocycles. The predicted molar refractivity (Wildman–Crippen MR) is 92.9 cm³/mol. The van der Waals surface area contributed by atoms with Crippen molar-refractivity contribution in [3.05, 3.63) is 11.6 Å². The van der Waals surface area contributed by atoms with E-state index in [0.717, 1.165) is 56.8 Å². The second kappa shape index (κ2) is 4.98. The lowest BCUT2D eigenvalue weighted by Gasteiger charge is -2.57. The fourth-order valence-corrected chi connectivity index (χ4v) is 7.91. The minimum atomic E-state index is -0.848. The summed E-state index contributed by atoms with van der Waals surface area (Å²) in [5, 5.41) is 11.4. The van der Waals surface area contributed by atoms with E-state index in [2.05, 4.69) is 5.92 Å². The number of hydrogen-bond acceptors (Lipinski definition) is 2. The SMILES string of the molecule is C#C[C@]1(O)[C@H]2CCC[C@@]13CC[C@H]1[C@@H](CCC4=CC(=O)CC[C@@H]41)[C@@H]3C2. The van der Waals surface area contributed by atoms with Crippen LogP contribution in [0, 0.1) is 47.3 Å². The first kappa shape index (κ1) is 15.2. The standard InChI is InChI=1S/C22H28O2/c1-2-22(24)15-4-3-10-21(22)11-9-18-17-8-6-16(23)12-14(17)5-7-19(18)20(21)13-15/h1,12,15,17-20,24H,3-11,13H2/t15-,17-,18+,19+,20-,21-,22-/m0/s1. The zero-order chi connectivity index (χ0) is 16.5. The normalized spacial score (nSPS) is 52.6. The van der Waals surface area contributed by atoms with Gasteiger partial charge in [-0.3, -0.25) is 4.79 Å². The van der Waals surface area contributed by atoms with Gasteiger partial charge in [0.2, 0.25) is 0 Å². The van der Waals surface area contributed by atoms with Crippen molar-refractivity contribution in [1.82, 2.24) is 0 Å². The molecule has 0 aromatic carbocycles. The molecule has 0 aromatic rings. The van der Waals surface area contributed by atoms with Crippen molar-refractivity contribution in [3.63, 3.8) is 0 Å². The number of carbonyl (C=O) groups is 1. The quantitative estimate of drug-likeness (QED) is 0.687. The molecule has 128 valence electrons. The highest BCUT2D eigenvalue weighted by Gasteiger charge is 2.68. The fourth-order valence-electron chi connectivity index (χ4n) is 7.91. The van der Waals surface area contributed by atoms with Crippen molar-refractivity contribution >= 4 is 5.78 Å². The number of carbonyl (C=O) groups excluding carboxylic acids is 1. The third-order valence-corrected chi connectivity index (χ3v) is 8.79. The van der Waals surface area contributed by atoms with Gasteiger partial charge in [-0.25, -0.2) is 0 Å². The molecule has 4 saturated carbocycles. The smallest absolute Gasteiger partial charge is 0.155 e. The molecule has 5 rings (SSSR count). The maximum atomic E-state index is 11.8. The molecule has 4 fully saturated rings. The van der Waals surface area contributed by atoms with Crippen molar-refractivity contribution < 1.29 is 9.90 Å². The molecule has 0 saturated heterocycles. The largest absolute Gasteiger partial charge is 0.377 e. The van der Waals surface area contributed by atoms with E-state index in [9.17, 15) is 9.90 Å². The Morgan fingerprint density at radius 1 is 1.12 bits per heavy atom. The van der Waals surface area contributed by atoms with Crippen LogP contribution >= 0.6 is 0 Å². The van der Waals surface area contributed by atoms with E-state index >= 15 is 0 Å². The highest BCUT2D eigenvalue weighted by Crippen LogP contribution is 2.70. The van der Waals surface area contributed by atoms with Gasteiger partial charge in [0, 0.05) is 11.8 Å². The Labute approximate surface area is 145 Å². The number of ketones is 1. The van der Waals surface area contributed by atoms with Crippen molar-refractivity contribution in [3.8, 4) is 12.3 Å². The Morgan fingerprint density at radius 2 is 2.00 bits per heavy atom. The molecule has 7 atom stereocenters. The lowest BCUT2D eigenvalue weighted by molar-refractivity contribution is -0.128. The molecule has 1 spiro atoms. The van der Waals surface area contributed by atoms with Crippen LogP contribution in [0.15, 0.2) is 11.6 Å². The van der Waals surface area contributed by atoms with Crippen LogP contribution in [0.25, 0.3) is 0 Å². The first-order chi connectivity index (χ1) is 11.6. The highest BCUT2D eigenvalue weighted by molar-refractivity contribution is 5.91. The van der Waals surface area contributed by atoms with Crippen LogP contribution in [0.4, 0.5) is 0 Å². The van der Waals surface area contributed by atoms with E-state index in [1.807, 2.05) is 6.08 Å². The Morgan fingerprint density at radius 3 is 2.83 bits per heavy atom. The van der Waals surface area contributed by atoms with E-state index in [1.165, 1.54) is 24.8 Å². The van der Waals surface area contributed by atoms with Gasteiger partial charge in [0.1, 0.15) is 5.60 Å². The van der Waals surface area contributed by atoms with Gasteiger partial charge < -0.3 is 5.11 Å². The van der Waals surface area contributed by atoms with Gasteiger partial charge in [0.05, 0.1) is 0 Å². The summed E-state index contributed by atoms with van der Waals surface area (Å²) in [5.74, 6) is 6.25. The Hall–Kier alpha value is -1.07. The summed E-state index contributed by atoms with van der Waals surface area (Å²) in [6, 6.07) is 0. The summed E-state index contributed by atoms with van der Waals surface area (Å²) < 4.78 is 0. The average molecular weight is 324 g/mol. The third-order valence-electron chi connectivity index (χ3n) is 8.79. The molecular formula is C22H28O2. The van der Waals surface area contributed by atoms with E-state index in [4.69, 9.17) is 6.42 Å². The average Bonchev–Trinajstić information content (AvgIpc) is 2.73. The summed E-state index contributed by atoms with van der Waals surface area (Å²) in [4.78, 5) is 11.8. The molecule has 0 aliphatic heterocycles. The van der Waals surface area contributed by atoms with Crippen molar-refractivity contribution in [2.24, 2.45) is 35.0 Å². The topological polar surface area (TPSA) is 37.3 Å². The van der Waals surface area contributed by atoms with Gasteiger partial charge in [0.25, 0.3) is 0 Å². The zero-order valence-electron chi connectivity index (χ0n) is 14.5. The summed E-state index contributed by atoms with van der Waals surface area (Å²) >= 11 is 0. The lowest BCUT2D eigenvalue weighted by atomic mass is 9.48. The zero-order valence-corrected chi connectivity index (χ0v) is 14.5.